The van der Waals surface area contributed by atoms with Crippen molar-refractivity contribution in [2.24, 2.45) is 0 Å². The van der Waals surface area contributed by atoms with E-state index in [1.165, 1.54) is 11.1 Å². The van der Waals surface area contributed by atoms with Gasteiger partial charge in [0.25, 0.3) is 0 Å². The number of hydrogen-bond acceptors (Lipinski definition) is 2. The van der Waals surface area contributed by atoms with Gasteiger partial charge < -0.3 is 10.6 Å². The van der Waals surface area contributed by atoms with E-state index in [2.05, 4.69) is 62.9 Å². The lowest BCUT2D eigenvalue weighted by Gasteiger charge is -2.08. The van der Waals surface area contributed by atoms with E-state index >= 15 is 0 Å². The fourth-order valence-corrected chi connectivity index (χ4v) is 2.70. The summed E-state index contributed by atoms with van der Waals surface area (Å²) in [5.41, 5.74) is 3.39. The van der Waals surface area contributed by atoms with Gasteiger partial charge in [0, 0.05) is 22.4 Å². The molecule has 122 valence electrons. The number of rotatable bonds is 4. The minimum absolute atomic E-state index is 0.512. The van der Waals surface area contributed by atoms with Crippen LogP contribution < -0.4 is 10.6 Å². The molecule has 24 heavy (non-hydrogen) atoms. The van der Waals surface area contributed by atoms with Gasteiger partial charge in [-0.3, -0.25) is 4.68 Å². The van der Waals surface area contributed by atoms with E-state index in [0.29, 0.717) is 5.11 Å². The van der Waals surface area contributed by atoms with Crippen LogP contribution in [0.15, 0.2) is 65.3 Å². The normalized spacial score (nSPS) is 10.4. The summed E-state index contributed by atoms with van der Waals surface area (Å²) in [7, 11) is 0. The first-order valence-electron chi connectivity index (χ1n) is 7.51. The lowest BCUT2D eigenvalue weighted by Crippen LogP contribution is -2.19. The van der Waals surface area contributed by atoms with Crippen molar-refractivity contribution >= 4 is 44.8 Å². The smallest absolute Gasteiger partial charge is 0.176 e. The molecular weight excluding hydrogens is 384 g/mol. The van der Waals surface area contributed by atoms with E-state index in [9.17, 15) is 0 Å². The van der Waals surface area contributed by atoms with Crippen LogP contribution in [0, 0.1) is 6.92 Å². The molecule has 1 heterocycles. The van der Waals surface area contributed by atoms with Crippen LogP contribution in [0.1, 0.15) is 11.1 Å². The Morgan fingerprint density at radius 3 is 2.46 bits per heavy atom. The fourth-order valence-electron chi connectivity index (χ4n) is 2.21. The van der Waals surface area contributed by atoms with Gasteiger partial charge in [0.2, 0.25) is 0 Å². The molecule has 2 aromatic carbocycles. The van der Waals surface area contributed by atoms with Gasteiger partial charge in [-0.25, -0.2) is 0 Å². The van der Waals surface area contributed by atoms with Crippen LogP contribution in [0.25, 0.3) is 0 Å². The zero-order valence-corrected chi connectivity index (χ0v) is 15.6. The molecule has 2 N–H and O–H groups in total. The van der Waals surface area contributed by atoms with Crippen molar-refractivity contribution in [3.05, 3.63) is 76.4 Å². The number of thiocarbonyl (C=S) groups is 1. The first-order chi connectivity index (χ1) is 11.6. The minimum Gasteiger partial charge on any atom is -0.332 e. The predicted octanol–water partition coefficient (Wildman–Crippen LogP) is 4.81. The maximum absolute atomic E-state index is 5.32. The van der Waals surface area contributed by atoms with Crippen molar-refractivity contribution in [3.63, 3.8) is 0 Å². The third kappa shape index (κ3) is 4.66. The monoisotopic (exact) mass is 400 g/mol. The number of aryl methyl sites for hydroxylation is 1. The highest BCUT2D eigenvalue weighted by molar-refractivity contribution is 9.10. The summed E-state index contributed by atoms with van der Waals surface area (Å²) in [6, 6.07) is 18.2. The van der Waals surface area contributed by atoms with Crippen molar-refractivity contribution in [3.8, 4) is 0 Å². The maximum Gasteiger partial charge on any atom is 0.176 e. The first kappa shape index (κ1) is 16.7. The minimum atomic E-state index is 0.512. The van der Waals surface area contributed by atoms with Crippen molar-refractivity contribution in [2.45, 2.75) is 13.5 Å². The second-order valence-electron chi connectivity index (χ2n) is 5.47. The molecule has 0 saturated carbocycles. The van der Waals surface area contributed by atoms with Gasteiger partial charge in [-0.05, 0) is 49.0 Å². The molecule has 0 spiro atoms. The van der Waals surface area contributed by atoms with Crippen LogP contribution in [-0.4, -0.2) is 14.9 Å². The van der Waals surface area contributed by atoms with Crippen LogP contribution in [0.3, 0.4) is 0 Å². The molecular formula is C18H17BrN4S. The van der Waals surface area contributed by atoms with Gasteiger partial charge >= 0.3 is 0 Å². The molecule has 6 heteroatoms. The molecule has 3 rings (SSSR count). The van der Waals surface area contributed by atoms with Crippen LogP contribution in [0.4, 0.5) is 11.5 Å². The van der Waals surface area contributed by atoms with E-state index in [0.717, 1.165) is 22.5 Å². The van der Waals surface area contributed by atoms with Gasteiger partial charge in [-0.1, -0.05) is 45.8 Å². The van der Waals surface area contributed by atoms with E-state index in [1.807, 2.05) is 41.2 Å². The van der Waals surface area contributed by atoms with Crippen molar-refractivity contribution < 1.29 is 0 Å². The first-order valence-corrected chi connectivity index (χ1v) is 8.71. The molecule has 0 atom stereocenters. The molecule has 0 aliphatic carbocycles. The second-order valence-corrected chi connectivity index (χ2v) is 6.79. The lowest BCUT2D eigenvalue weighted by molar-refractivity contribution is 0.690. The summed E-state index contributed by atoms with van der Waals surface area (Å²) in [4.78, 5) is 0. The summed E-state index contributed by atoms with van der Waals surface area (Å²) in [6.45, 7) is 2.81. The third-order valence-electron chi connectivity index (χ3n) is 3.45. The Morgan fingerprint density at radius 1 is 1.04 bits per heavy atom. The van der Waals surface area contributed by atoms with E-state index in [1.54, 1.807) is 0 Å². The standard InChI is InChI=1S/C18H17BrN4S/c1-13-2-4-14(5-3-13)12-23-11-10-17(22-23)21-18(24)20-16-8-6-15(19)7-9-16/h2-11H,12H2,1H3,(H2,20,21,22,24). The lowest BCUT2D eigenvalue weighted by atomic mass is 10.1. The Hall–Kier alpha value is -2.18. The van der Waals surface area contributed by atoms with Gasteiger partial charge in [-0.15, -0.1) is 0 Å². The molecule has 1 aromatic heterocycles. The Kier molecular flexibility index (Phi) is 5.27. The highest BCUT2D eigenvalue weighted by Crippen LogP contribution is 2.14. The highest BCUT2D eigenvalue weighted by atomic mass is 79.9. The van der Waals surface area contributed by atoms with Crippen LogP contribution >= 0.6 is 28.1 Å². The topological polar surface area (TPSA) is 41.9 Å². The number of hydrogen-bond donors (Lipinski definition) is 2. The molecule has 0 aliphatic rings. The Morgan fingerprint density at radius 2 is 1.75 bits per heavy atom. The summed E-state index contributed by atoms with van der Waals surface area (Å²) in [5.74, 6) is 0.719. The van der Waals surface area contributed by atoms with Crippen molar-refractivity contribution in [1.29, 1.82) is 0 Å². The van der Waals surface area contributed by atoms with E-state index < -0.39 is 0 Å². The summed E-state index contributed by atoms with van der Waals surface area (Å²) < 4.78 is 2.91. The van der Waals surface area contributed by atoms with Crippen LogP contribution in [-0.2, 0) is 6.54 Å². The van der Waals surface area contributed by atoms with Crippen LogP contribution in [0.5, 0.6) is 0 Å². The number of nitrogens with one attached hydrogen (secondary N) is 2. The van der Waals surface area contributed by atoms with Crippen molar-refractivity contribution in [2.75, 3.05) is 10.6 Å². The van der Waals surface area contributed by atoms with Gasteiger partial charge in [0.1, 0.15) is 0 Å². The number of aromatic nitrogens is 2. The number of nitrogens with zero attached hydrogens (tertiary/aromatic N) is 2. The Bertz CT molecular complexity index is 825. The predicted molar refractivity (Wildman–Crippen MR) is 106 cm³/mol. The number of halogens is 1. The molecule has 3 aromatic rings. The molecule has 0 aliphatic heterocycles. The Labute approximate surface area is 155 Å². The molecule has 0 amide bonds. The average Bonchev–Trinajstić information content (AvgIpc) is 2.99. The van der Waals surface area contributed by atoms with Gasteiger partial charge in [0.05, 0.1) is 6.54 Å². The summed E-state index contributed by atoms with van der Waals surface area (Å²) in [6.07, 6.45) is 1.93. The molecule has 0 radical (unpaired) electrons. The van der Waals surface area contributed by atoms with Crippen molar-refractivity contribution in [1.82, 2.24) is 9.78 Å². The zero-order chi connectivity index (χ0) is 16.9. The molecule has 0 bridgehead atoms. The fraction of sp³-hybridized carbons (Fsp3) is 0.111. The number of benzene rings is 2. The summed E-state index contributed by atoms with van der Waals surface area (Å²) in [5, 5.41) is 11.2. The largest absolute Gasteiger partial charge is 0.332 e. The Balaban J connectivity index is 1.58. The molecule has 4 nitrogen and oxygen atoms in total. The van der Waals surface area contributed by atoms with Gasteiger partial charge in [-0.2, -0.15) is 5.10 Å². The quantitative estimate of drug-likeness (QED) is 0.616. The SMILES string of the molecule is Cc1ccc(Cn2ccc(NC(=S)Nc3ccc(Br)cc3)n2)cc1. The van der Waals surface area contributed by atoms with Crippen LogP contribution in [0.2, 0.25) is 0 Å². The second kappa shape index (κ2) is 7.59. The highest BCUT2D eigenvalue weighted by Gasteiger charge is 2.03. The summed E-state index contributed by atoms with van der Waals surface area (Å²) >= 11 is 8.73. The average molecular weight is 401 g/mol. The molecule has 0 unspecified atom stereocenters. The van der Waals surface area contributed by atoms with E-state index in [-0.39, 0.29) is 0 Å². The number of anilines is 2. The maximum atomic E-state index is 5.32. The molecule has 0 saturated heterocycles. The van der Waals surface area contributed by atoms with E-state index in [4.69, 9.17) is 12.2 Å². The van der Waals surface area contributed by atoms with Gasteiger partial charge in [0.15, 0.2) is 10.9 Å². The third-order valence-corrected chi connectivity index (χ3v) is 4.18. The molecule has 0 fully saturated rings. The zero-order valence-electron chi connectivity index (χ0n) is 13.2.